The lowest BCUT2D eigenvalue weighted by atomic mass is 10.2. The second-order valence-electron chi connectivity index (χ2n) is 3.53. The van der Waals surface area contributed by atoms with Gasteiger partial charge in [0, 0.05) is 21.1 Å². The molecule has 1 saturated heterocycles. The first-order valence-corrected chi connectivity index (χ1v) is 4.24. The zero-order valence-electron chi connectivity index (χ0n) is 8.84. The lowest BCUT2D eigenvalue weighted by Crippen LogP contribution is -2.68. The molecule has 5 nitrogen and oxygen atoms in total. The molecule has 0 unspecified atom stereocenters. The summed E-state index contributed by atoms with van der Waals surface area (Å²) < 4.78 is 0. The normalized spacial score (nSPS) is 27.3. The van der Waals surface area contributed by atoms with Gasteiger partial charge in [0.05, 0.1) is 0 Å². The summed E-state index contributed by atoms with van der Waals surface area (Å²) in [5.41, 5.74) is -0.198. The molecular formula is C8H17N5. The number of guanidine groups is 2. The van der Waals surface area contributed by atoms with Gasteiger partial charge in [-0.25, -0.2) is 0 Å². The topological polar surface area (TPSA) is 52.0 Å². The fourth-order valence-electron chi connectivity index (χ4n) is 1.27. The molecule has 5 heteroatoms. The number of nitrogens with zero attached hydrogens (tertiary/aromatic N) is 3. The van der Waals surface area contributed by atoms with Crippen molar-refractivity contribution in [1.82, 2.24) is 15.5 Å². The Kier molecular flexibility index (Phi) is 2.45. The molecule has 2 N–H and O–H groups in total. The maximum absolute atomic E-state index is 4.13. The van der Waals surface area contributed by atoms with Gasteiger partial charge in [-0.05, 0) is 13.8 Å². The Morgan fingerprint density at radius 1 is 1.08 bits per heavy atom. The fourth-order valence-corrected chi connectivity index (χ4v) is 1.27. The van der Waals surface area contributed by atoms with Crippen LogP contribution in [0.15, 0.2) is 9.98 Å². The molecule has 1 fully saturated rings. The van der Waals surface area contributed by atoms with E-state index >= 15 is 0 Å². The van der Waals surface area contributed by atoms with Gasteiger partial charge in [0.15, 0.2) is 0 Å². The maximum Gasteiger partial charge on any atom is 0.202 e. The van der Waals surface area contributed by atoms with E-state index in [0.717, 1.165) is 11.9 Å². The summed E-state index contributed by atoms with van der Waals surface area (Å²) >= 11 is 0. The highest BCUT2D eigenvalue weighted by molar-refractivity contribution is 6.01. The minimum atomic E-state index is -0.198. The first kappa shape index (κ1) is 9.83. The summed E-state index contributed by atoms with van der Waals surface area (Å²) in [7, 11) is 5.43. The summed E-state index contributed by atoms with van der Waals surface area (Å²) in [6, 6.07) is 0. The molecule has 1 aliphatic rings. The molecule has 0 bridgehead atoms. The van der Waals surface area contributed by atoms with Crippen LogP contribution in [0.25, 0.3) is 0 Å². The van der Waals surface area contributed by atoms with Gasteiger partial charge in [0.2, 0.25) is 11.9 Å². The first-order valence-electron chi connectivity index (χ1n) is 4.24. The molecule has 0 radical (unpaired) electrons. The van der Waals surface area contributed by atoms with Crippen LogP contribution in [0.3, 0.4) is 0 Å². The van der Waals surface area contributed by atoms with Gasteiger partial charge in [-0.2, -0.15) is 0 Å². The van der Waals surface area contributed by atoms with Crippen LogP contribution in [-0.4, -0.2) is 43.6 Å². The summed E-state index contributed by atoms with van der Waals surface area (Å²) in [4.78, 5) is 10.1. The molecule has 0 aromatic carbocycles. The van der Waals surface area contributed by atoms with Crippen molar-refractivity contribution in [1.29, 1.82) is 0 Å². The second-order valence-corrected chi connectivity index (χ2v) is 3.53. The lowest BCUT2D eigenvalue weighted by molar-refractivity contribution is 0.367. The van der Waals surface area contributed by atoms with Crippen molar-refractivity contribution in [2.75, 3.05) is 21.1 Å². The van der Waals surface area contributed by atoms with Crippen molar-refractivity contribution in [2.45, 2.75) is 19.5 Å². The molecule has 0 saturated carbocycles. The molecule has 0 atom stereocenters. The average Bonchev–Trinajstić information content (AvgIpc) is 2.08. The lowest BCUT2D eigenvalue weighted by Gasteiger charge is -2.40. The molecular weight excluding hydrogens is 166 g/mol. The first-order chi connectivity index (χ1) is 6.00. The third kappa shape index (κ3) is 1.91. The van der Waals surface area contributed by atoms with Crippen LogP contribution in [0.1, 0.15) is 13.8 Å². The van der Waals surface area contributed by atoms with Gasteiger partial charge in [0.25, 0.3) is 0 Å². The Labute approximate surface area is 78.9 Å². The highest BCUT2D eigenvalue weighted by Gasteiger charge is 2.29. The molecule has 0 aromatic heterocycles. The number of hydrogen-bond acceptors (Lipinski definition) is 2. The number of hydrogen-bond donors (Lipinski definition) is 2. The average molecular weight is 183 g/mol. The number of nitrogens with one attached hydrogen (secondary N) is 2. The van der Waals surface area contributed by atoms with Gasteiger partial charge in [-0.3, -0.25) is 14.9 Å². The maximum atomic E-state index is 4.13. The quantitative estimate of drug-likeness (QED) is 0.547. The zero-order valence-corrected chi connectivity index (χ0v) is 8.84. The molecule has 1 heterocycles. The third-order valence-electron chi connectivity index (χ3n) is 1.91. The third-order valence-corrected chi connectivity index (χ3v) is 1.91. The van der Waals surface area contributed by atoms with Gasteiger partial charge in [0.1, 0.15) is 5.66 Å². The van der Waals surface area contributed by atoms with E-state index in [1.807, 2.05) is 25.8 Å². The van der Waals surface area contributed by atoms with Crippen LogP contribution >= 0.6 is 0 Å². The highest BCUT2D eigenvalue weighted by Crippen LogP contribution is 2.05. The van der Waals surface area contributed by atoms with E-state index in [2.05, 4.69) is 20.6 Å². The molecule has 1 aliphatic heterocycles. The Balaban J connectivity index is 2.94. The summed E-state index contributed by atoms with van der Waals surface area (Å²) in [6.07, 6.45) is 0. The van der Waals surface area contributed by atoms with Crippen LogP contribution in [0.5, 0.6) is 0 Å². The van der Waals surface area contributed by atoms with Crippen LogP contribution in [0, 0.1) is 0 Å². The van der Waals surface area contributed by atoms with Gasteiger partial charge >= 0.3 is 0 Å². The van der Waals surface area contributed by atoms with Crippen LogP contribution in [0.2, 0.25) is 0 Å². The molecule has 0 aromatic rings. The highest BCUT2D eigenvalue weighted by atomic mass is 15.5. The van der Waals surface area contributed by atoms with E-state index in [-0.39, 0.29) is 5.66 Å². The van der Waals surface area contributed by atoms with Crippen molar-refractivity contribution in [3.05, 3.63) is 0 Å². The second kappa shape index (κ2) is 3.24. The molecule has 0 amide bonds. The van der Waals surface area contributed by atoms with Gasteiger partial charge < -0.3 is 10.6 Å². The van der Waals surface area contributed by atoms with Crippen LogP contribution in [-0.2, 0) is 0 Å². The van der Waals surface area contributed by atoms with Crippen molar-refractivity contribution >= 4 is 11.9 Å². The molecule has 0 aliphatic carbocycles. The number of aliphatic imine (C=N–C) groups is 2. The van der Waals surface area contributed by atoms with E-state index in [0.29, 0.717) is 0 Å². The van der Waals surface area contributed by atoms with Crippen LogP contribution in [0.4, 0.5) is 0 Å². The Hall–Kier alpha value is -1.26. The minimum absolute atomic E-state index is 0.198. The molecule has 0 spiro atoms. The van der Waals surface area contributed by atoms with Gasteiger partial charge in [-0.15, -0.1) is 0 Å². The predicted octanol–water partition coefficient (Wildman–Crippen LogP) is -0.181. The zero-order chi connectivity index (χ0) is 10.1. The standard InChI is InChI=1S/C8H17N5/c1-8(2)11-6(9-3)13(5)7(10-4)12-8/h1-5H3,(H,9,11)(H,10,12). The smallest absolute Gasteiger partial charge is 0.202 e. The van der Waals surface area contributed by atoms with Gasteiger partial charge in [-0.1, -0.05) is 0 Å². The summed E-state index contributed by atoms with van der Waals surface area (Å²) in [5.74, 6) is 1.65. The van der Waals surface area contributed by atoms with E-state index in [1.165, 1.54) is 0 Å². The van der Waals surface area contributed by atoms with E-state index in [1.54, 1.807) is 14.1 Å². The van der Waals surface area contributed by atoms with E-state index in [9.17, 15) is 0 Å². The van der Waals surface area contributed by atoms with Crippen molar-refractivity contribution in [3.63, 3.8) is 0 Å². The monoisotopic (exact) mass is 183 g/mol. The Bertz CT molecular complexity index is 229. The molecule has 13 heavy (non-hydrogen) atoms. The van der Waals surface area contributed by atoms with Crippen molar-refractivity contribution < 1.29 is 0 Å². The van der Waals surface area contributed by atoms with E-state index in [4.69, 9.17) is 0 Å². The Morgan fingerprint density at radius 3 is 1.77 bits per heavy atom. The summed E-state index contributed by atoms with van der Waals surface area (Å²) in [6.45, 7) is 4.08. The minimum Gasteiger partial charge on any atom is -0.334 e. The van der Waals surface area contributed by atoms with Crippen molar-refractivity contribution in [3.8, 4) is 0 Å². The van der Waals surface area contributed by atoms with Crippen molar-refractivity contribution in [2.24, 2.45) is 9.98 Å². The fraction of sp³-hybridized carbons (Fsp3) is 0.750. The largest absolute Gasteiger partial charge is 0.334 e. The van der Waals surface area contributed by atoms with Crippen LogP contribution < -0.4 is 10.6 Å². The molecule has 74 valence electrons. The number of rotatable bonds is 0. The predicted molar refractivity (Wildman–Crippen MR) is 54.8 cm³/mol. The SMILES string of the molecule is CN=C1NC(C)(C)NC(=NC)N1C. The summed E-state index contributed by atoms with van der Waals surface area (Å²) in [5, 5.41) is 6.48. The molecule has 1 rings (SSSR count). The Morgan fingerprint density at radius 2 is 1.46 bits per heavy atom. The van der Waals surface area contributed by atoms with E-state index < -0.39 is 0 Å².